The first-order chi connectivity index (χ1) is 10.3. The van der Waals surface area contributed by atoms with Gasteiger partial charge in [-0.3, -0.25) is 4.79 Å². The fourth-order valence-corrected chi connectivity index (χ4v) is 2.09. The Morgan fingerprint density at radius 2 is 1.76 bits per heavy atom. The molecule has 0 amide bonds. The molecule has 110 valence electrons. The second-order valence-corrected chi connectivity index (χ2v) is 4.79. The van der Waals surface area contributed by atoms with Crippen molar-refractivity contribution in [3.05, 3.63) is 65.7 Å². The van der Waals surface area contributed by atoms with Crippen molar-refractivity contribution in [1.29, 1.82) is 0 Å². The fraction of sp³-hybridized carbons (Fsp3) is 0.278. The lowest BCUT2D eigenvalue weighted by molar-refractivity contribution is 0.0991. The van der Waals surface area contributed by atoms with Gasteiger partial charge in [-0.05, 0) is 49.7 Å². The van der Waals surface area contributed by atoms with Gasteiger partial charge in [-0.25, -0.2) is 0 Å². The van der Waals surface area contributed by atoms with Gasteiger partial charge in [0.2, 0.25) is 0 Å². The number of rotatable bonds is 8. The second kappa shape index (κ2) is 8.22. The number of benzene rings is 2. The minimum absolute atomic E-state index is 0.103. The zero-order chi connectivity index (χ0) is 14.9. The van der Waals surface area contributed by atoms with Crippen LogP contribution in [0.15, 0.2) is 54.6 Å². The highest BCUT2D eigenvalue weighted by Gasteiger charge is 2.05. The third-order valence-electron chi connectivity index (χ3n) is 3.21. The number of carbonyl (C=O) groups is 1. The number of carbonyl (C=O) groups excluding carboxylic acids is 1. The van der Waals surface area contributed by atoms with Crippen LogP contribution in [0.3, 0.4) is 0 Å². The molecular formula is C18H21NO2. The smallest absolute Gasteiger partial charge is 0.176 e. The molecule has 0 fully saturated rings. The number of hydrogen-bond acceptors (Lipinski definition) is 3. The van der Waals surface area contributed by atoms with E-state index in [0.29, 0.717) is 18.7 Å². The normalized spacial score (nSPS) is 10.3. The lowest BCUT2D eigenvalue weighted by atomic mass is 10.1. The van der Waals surface area contributed by atoms with Crippen LogP contribution in [0.25, 0.3) is 0 Å². The molecule has 0 unspecified atom stereocenters. The van der Waals surface area contributed by atoms with E-state index in [2.05, 4.69) is 17.4 Å². The van der Waals surface area contributed by atoms with E-state index < -0.39 is 0 Å². The lowest BCUT2D eigenvalue weighted by Gasteiger charge is -2.06. The number of nitrogens with one attached hydrogen (secondary N) is 1. The summed E-state index contributed by atoms with van der Waals surface area (Å²) in [5.74, 6) is 0.900. The van der Waals surface area contributed by atoms with E-state index in [4.69, 9.17) is 4.74 Å². The van der Waals surface area contributed by atoms with Crippen molar-refractivity contribution in [2.75, 3.05) is 19.7 Å². The molecular weight excluding hydrogens is 262 g/mol. The van der Waals surface area contributed by atoms with Crippen molar-refractivity contribution in [1.82, 2.24) is 5.32 Å². The molecule has 1 N–H and O–H groups in total. The summed E-state index contributed by atoms with van der Waals surface area (Å²) in [5.41, 5.74) is 1.99. The van der Waals surface area contributed by atoms with E-state index in [1.54, 1.807) is 0 Å². The van der Waals surface area contributed by atoms with Crippen molar-refractivity contribution in [3.63, 3.8) is 0 Å². The van der Waals surface area contributed by atoms with Crippen molar-refractivity contribution in [2.24, 2.45) is 0 Å². The van der Waals surface area contributed by atoms with Crippen molar-refractivity contribution in [3.8, 4) is 5.75 Å². The van der Waals surface area contributed by atoms with Crippen LogP contribution in [0.4, 0.5) is 0 Å². The predicted molar refractivity (Wildman–Crippen MR) is 85.0 cm³/mol. The van der Waals surface area contributed by atoms with Gasteiger partial charge in [0.25, 0.3) is 0 Å². The molecule has 0 atom stereocenters. The van der Waals surface area contributed by atoms with Crippen molar-refractivity contribution >= 4 is 5.78 Å². The van der Waals surface area contributed by atoms with Gasteiger partial charge < -0.3 is 10.1 Å². The molecule has 2 aromatic carbocycles. The van der Waals surface area contributed by atoms with Gasteiger partial charge in [0.1, 0.15) is 5.75 Å². The Morgan fingerprint density at radius 1 is 1.05 bits per heavy atom. The van der Waals surface area contributed by atoms with Gasteiger partial charge in [0.15, 0.2) is 5.78 Å². The Bertz CT molecular complexity index is 549. The third kappa shape index (κ3) is 5.04. The van der Waals surface area contributed by atoms with Crippen LogP contribution in [-0.2, 0) is 6.42 Å². The molecule has 0 bridgehead atoms. The van der Waals surface area contributed by atoms with Gasteiger partial charge in [0.05, 0.1) is 13.2 Å². The van der Waals surface area contributed by atoms with E-state index in [1.807, 2.05) is 49.4 Å². The maximum atomic E-state index is 12.0. The number of Topliss-reactive ketones (excluding diaryl/α,β-unsaturated/α-hetero) is 1. The summed E-state index contributed by atoms with van der Waals surface area (Å²) in [5, 5.41) is 3.19. The Morgan fingerprint density at radius 3 is 2.43 bits per heavy atom. The number of ether oxygens (including phenoxy) is 1. The minimum Gasteiger partial charge on any atom is -0.494 e. The molecule has 0 saturated heterocycles. The molecule has 0 saturated carbocycles. The second-order valence-electron chi connectivity index (χ2n) is 4.79. The van der Waals surface area contributed by atoms with Gasteiger partial charge in [0, 0.05) is 5.56 Å². The van der Waals surface area contributed by atoms with Crippen molar-refractivity contribution in [2.45, 2.75) is 13.3 Å². The van der Waals surface area contributed by atoms with Crippen LogP contribution >= 0.6 is 0 Å². The van der Waals surface area contributed by atoms with Crippen molar-refractivity contribution < 1.29 is 9.53 Å². The summed E-state index contributed by atoms with van der Waals surface area (Å²) in [4.78, 5) is 12.0. The maximum Gasteiger partial charge on any atom is 0.176 e. The highest BCUT2D eigenvalue weighted by atomic mass is 16.5. The summed E-state index contributed by atoms with van der Waals surface area (Å²) in [6.45, 7) is 3.73. The van der Waals surface area contributed by atoms with E-state index in [1.165, 1.54) is 5.56 Å². The summed E-state index contributed by atoms with van der Waals surface area (Å²) in [6, 6.07) is 17.5. The number of ketones is 1. The van der Waals surface area contributed by atoms with E-state index in [0.717, 1.165) is 18.7 Å². The third-order valence-corrected chi connectivity index (χ3v) is 3.21. The first kappa shape index (κ1) is 15.3. The molecule has 0 aliphatic rings. The molecule has 0 aliphatic heterocycles. The van der Waals surface area contributed by atoms with Crippen LogP contribution in [0, 0.1) is 0 Å². The van der Waals surface area contributed by atoms with E-state index >= 15 is 0 Å². The molecule has 2 aromatic rings. The summed E-state index contributed by atoms with van der Waals surface area (Å²) >= 11 is 0. The zero-order valence-corrected chi connectivity index (χ0v) is 12.3. The highest BCUT2D eigenvalue weighted by molar-refractivity contribution is 5.97. The fourth-order valence-electron chi connectivity index (χ4n) is 2.09. The highest BCUT2D eigenvalue weighted by Crippen LogP contribution is 2.12. The van der Waals surface area contributed by atoms with Crippen LogP contribution in [-0.4, -0.2) is 25.5 Å². The standard InChI is InChI=1S/C18H21NO2/c1-2-21-17-10-8-16(9-11-17)18(20)14-19-13-12-15-6-4-3-5-7-15/h3-11,19H,2,12-14H2,1H3. The first-order valence-electron chi connectivity index (χ1n) is 7.30. The molecule has 3 heteroatoms. The Kier molecular flexibility index (Phi) is 5.98. The molecule has 2 rings (SSSR count). The molecule has 0 spiro atoms. The van der Waals surface area contributed by atoms with Crippen LogP contribution in [0.2, 0.25) is 0 Å². The van der Waals surface area contributed by atoms with Crippen LogP contribution < -0.4 is 10.1 Å². The van der Waals surface area contributed by atoms with E-state index in [-0.39, 0.29) is 5.78 Å². The zero-order valence-electron chi connectivity index (χ0n) is 12.3. The Hall–Kier alpha value is -2.13. The van der Waals surface area contributed by atoms with Gasteiger partial charge in [-0.15, -0.1) is 0 Å². The monoisotopic (exact) mass is 283 g/mol. The minimum atomic E-state index is 0.103. The van der Waals surface area contributed by atoms with Crippen LogP contribution in [0.5, 0.6) is 5.75 Å². The van der Waals surface area contributed by atoms with Gasteiger partial charge in [-0.1, -0.05) is 30.3 Å². The lowest BCUT2D eigenvalue weighted by Crippen LogP contribution is -2.25. The Balaban J connectivity index is 1.74. The maximum absolute atomic E-state index is 12.0. The molecule has 0 aliphatic carbocycles. The molecule has 0 radical (unpaired) electrons. The molecule has 0 aromatic heterocycles. The first-order valence-corrected chi connectivity index (χ1v) is 7.30. The summed E-state index contributed by atoms with van der Waals surface area (Å²) in [6.07, 6.45) is 0.928. The molecule has 21 heavy (non-hydrogen) atoms. The van der Waals surface area contributed by atoms with E-state index in [9.17, 15) is 4.79 Å². The summed E-state index contributed by atoms with van der Waals surface area (Å²) < 4.78 is 5.36. The largest absolute Gasteiger partial charge is 0.494 e. The summed E-state index contributed by atoms with van der Waals surface area (Å²) in [7, 11) is 0. The Labute approximate surface area is 126 Å². The molecule has 0 heterocycles. The van der Waals surface area contributed by atoms with Gasteiger partial charge >= 0.3 is 0 Å². The quantitative estimate of drug-likeness (QED) is 0.597. The number of hydrogen-bond donors (Lipinski definition) is 1. The topological polar surface area (TPSA) is 38.3 Å². The predicted octanol–water partition coefficient (Wildman–Crippen LogP) is 3.10. The van der Waals surface area contributed by atoms with Crippen LogP contribution in [0.1, 0.15) is 22.8 Å². The average Bonchev–Trinajstić information content (AvgIpc) is 2.53. The SMILES string of the molecule is CCOc1ccc(C(=O)CNCCc2ccccc2)cc1. The van der Waals surface area contributed by atoms with Gasteiger partial charge in [-0.2, -0.15) is 0 Å². The average molecular weight is 283 g/mol. The molecule has 3 nitrogen and oxygen atoms in total.